The Hall–Kier alpha value is -1.60. The lowest BCUT2D eigenvalue weighted by molar-refractivity contribution is 0.609. The summed E-state index contributed by atoms with van der Waals surface area (Å²) >= 11 is 3.37. The van der Waals surface area contributed by atoms with Crippen LogP contribution in [0.4, 0.5) is 5.82 Å². The third-order valence-electron chi connectivity index (χ3n) is 2.84. The Kier molecular flexibility index (Phi) is 5.42. The molecule has 0 unspecified atom stereocenters. The van der Waals surface area contributed by atoms with Crippen LogP contribution in [0.3, 0.4) is 0 Å². The standard InChI is InChI=1S/C15H18BrN3O2S/c1-11(2)9-13-10-15(18-17-13)19-22(20,21)8-7-12-5-3-4-6-14(12)16/h3-8,10-11H,9H2,1-2H3,(H2,17,18,19)/b8-7+. The van der Waals surface area contributed by atoms with Crippen molar-refractivity contribution >= 4 is 37.8 Å². The molecule has 0 amide bonds. The van der Waals surface area contributed by atoms with E-state index >= 15 is 0 Å². The maximum Gasteiger partial charge on any atom is 0.256 e. The molecule has 5 nitrogen and oxygen atoms in total. The fourth-order valence-corrected chi connectivity index (χ4v) is 3.12. The molecule has 0 fully saturated rings. The number of benzene rings is 1. The van der Waals surface area contributed by atoms with Crippen molar-refractivity contribution in [3.05, 3.63) is 51.5 Å². The van der Waals surface area contributed by atoms with Gasteiger partial charge in [0, 0.05) is 16.2 Å². The lowest BCUT2D eigenvalue weighted by Crippen LogP contribution is -2.09. The summed E-state index contributed by atoms with van der Waals surface area (Å²) in [5.74, 6) is 0.771. The van der Waals surface area contributed by atoms with Crippen molar-refractivity contribution in [2.45, 2.75) is 20.3 Å². The Balaban J connectivity index is 2.08. The van der Waals surface area contributed by atoms with Gasteiger partial charge in [0.2, 0.25) is 0 Å². The van der Waals surface area contributed by atoms with Gasteiger partial charge in [-0.3, -0.25) is 9.82 Å². The third kappa shape index (κ3) is 4.99. The predicted molar refractivity (Wildman–Crippen MR) is 92.8 cm³/mol. The monoisotopic (exact) mass is 383 g/mol. The molecule has 0 aliphatic carbocycles. The molecule has 0 spiro atoms. The molecule has 2 aromatic rings. The lowest BCUT2D eigenvalue weighted by atomic mass is 10.1. The highest BCUT2D eigenvalue weighted by Gasteiger charge is 2.10. The summed E-state index contributed by atoms with van der Waals surface area (Å²) in [5, 5.41) is 7.93. The normalized spacial score (nSPS) is 12.2. The van der Waals surface area contributed by atoms with Gasteiger partial charge in [0.1, 0.15) is 0 Å². The summed E-state index contributed by atoms with van der Waals surface area (Å²) in [4.78, 5) is 0. The highest BCUT2D eigenvalue weighted by molar-refractivity contribution is 9.10. The minimum absolute atomic E-state index is 0.299. The Bertz CT molecular complexity index is 767. The van der Waals surface area contributed by atoms with E-state index in [1.807, 2.05) is 24.3 Å². The van der Waals surface area contributed by atoms with E-state index < -0.39 is 10.0 Å². The zero-order chi connectivity index (χ0) is 16.2. The number of anilines is 1. The van der Waals surface area contributed by atoms with Gasteiger partial charge >= 0.3 is 0 Å². The smallest absolute Gasteiger partial charge is 0.256 e. The summed E-state index contributed by atoms with van der Waals surface area (Å²) in [5.41, 5.74) is 1.69. The van der Waals surface area contributed by atoms with Gasteiger partial charge in [0.15, 0.2) is 5.82 Å². The first-order valence-electron chi connectivity index (χ1n) is 6.85. The molecule has 0 aliphatic heterocycles. The first-order chi connectivity index (χ1) is 10.4. The molecule has 1 heterocycles. The first kappa shape index (κ1) is 16.8. The third-order valence-corrected chi connectivity index (χ3v) is 4.55. The van der Waals surface area contributed by atoms with Crippen LogP contribution in [0.25, 0.3) is 6.08 Å². The van der Waals surface area contributed by atoms with Gasteiger partial charge in [0.25, 0.3) is 10.0 Å². The molecule has 0 saturated heterocycles. The van der Waals surface area contributed by atoms with Gasteiger partial charge in [0.05, 0.1) is 5.41 Å². The van der Waals surface area contributed by atoms with Gasteiger partial charge in [-0.05, 0) is 30.0 Å². The molecule has 7 heteroatoms. The summed E-state index contributed by atoms with van der Waals surface area (Å²) in [6.07, 6.45) is 2.36. The SMILES string of the molecule is CC(C)Cc1cc(NS(=O)(=O)/C=C/c2ccccc2Br)n[nH]1. The minimum atomic E-state index is -3.60. The van der Waals surface area contributed by atoms with Gasteiger partial charge in [-0.15, -0.1) is 0 Å². The number of rotatable bonds is 6. The minimum Gasteiger partial charge on any atom is -0.280 e. The van der Waals surface area contributed by atoms with Gasteiger partial charge in [-0.1, -0.05) is 48.0 Å². The average molecular weight is 384 g/mol. The molecule has 0 aliphatic rings. The van der Waals surface area contributed by atoms with Gasteiger partial charge in [-0.25, -0.2) is 8.42 Å². The Morgan fingerprint density at radius 1 is 1.36 bits per heavy atom. The van der Waals surface area contributed by atoms with E-state index in [0.29, 0.717) is 11.7 Å². The number of sulfonamides is 1. The summed E-state index contributed by atoms with van der Waals surface area (Å²) in [7, 11) is -3.60. The molecule has 0 atom stereocenters. The van der Waals surface area contributed by atoms with Crippen molar-refractivity contribution in [3.8, 4) is 0 Å². The van der Waals surface area contributed by atoms with Crippen molar-refractivity contribution < 1.29 is 8.42 Å². The number of aromatic amines is 1. The van der Waals surface area contributed by atoms with Crippen molar-refractivity contribution in [1.29, 1.82) is 0 Å². The number of halogens is 1. The van der Waals surface area contributed by atoms with Crippen LogP contribution < -0.4 is 4.72 Å². The van der Waals surface area contributed by atoms with Crippen molar-refractivity contribution in [2.24, 2.45) is 5.92 Å². The molecule has 1 aromatic carbocycles. The molecule has 0 bridgehead atoms. The van der Waals surface area contributed by atoms with Crippen LogP contribution in [-0.4, -0.2) is 18.6 Å². The number of hydrogen-bond donors (Lipinski definition) is 2. The predicted octanol–water partition coefficient (Wildman–Crippen LogP) is 3.78. The zero-order valence-corrected chi connectivity index (χ0v) is 14.8. The van der Waals surface area contributed by atoms with Crippen LogP contribution >= 0.6 is 15.9 Å². The molecule has 2 N–H and O–H groups in total. The van der Waals surface area contributed by atoms with Crippen LogP contribution in [0.2, 0.25) is 0 Å². The van der Waals surface area contributed by atoms with E-state index in [1.165, 1.54) is 6.08 Å². The van der Waals surface area contributed by atoms with E-state index in [9.17, 15) is 8.42 Å². The number of nitrogens with zero attached hydrogens (tertiary/aromatic N) is 1. The van der Waals surface area contributed by atoms with Crippen LogP contribution in [0.5, 0.6) is 0 Å². The molecule has 22 heavy (non-hydrogen) atoms. The van der Waals surface area contributed by atoms with Crippen LogP contribution in [0.15, 0.2) is 40.2 Å². The quantitative estimate of drug-likeness (QED) is 0.796. The van der Waals surface area contributed by atoms with Crippen molar-refractivity contribution in [2.75, 3.05) is 4.72 Å². The molecule has 0 radical (unpaired) electrons. The largest absolute Gasteiger partial charge is 0.280 e. The second-order valence-corrected chi connectivity index (χ2v) is 7.77. The maximum atomic E-state index is 12.0. The van der Waals surface area contributed by atoms with Crippen molar-refractivity contribution in [1.82, 2.24) is 10.2 Å². The number of hydrogen-bond acceptors (Lipinski definition) is 3. The number of nitrogens with one attached hydrogen (secondary N) is 2. The molecule has 118 valence electrons. The van der Waals surface area contributed by atoms with Crippen LogP contribution in [0.1, 0.15) is 25.1 Å². The van der Waals surface area contributed by atoms with Crippen molar-refractivity contribution in [3.63, 3.8) is 0 Å². The van der Waals surface area contributed by atoms with E-state index in [0.717, 1.165) is 27.6 Å². The summed E-state index contributed by atoms with van der Waals surface area (Å²) in [6, 6.07) is 9.10. The molecular weight excluding hydrogens is 366 g/mol. The fraction of sp³-hybridized carbons (Fsp3) is 0.267. The molecule has 0 saturated carbocycles. The average Bonchev–Trinajstić information content (AvgIpc) is 2.83. The second kappa shape index (κ2) is 7.11. The van der Waals surface area contributed by atoms with E-state index in [2.05, 4.69) is 44.7 Å². The number of H-pyrrole nitrogens is 1. The maximum absolute atomic E-state index is 12.0. The lowest BCUT2D eigenvalue weighted by Gasteiger charge is -2.01. The van der Waals surface area contributed by atoms with E-state index in [1.54, 1.807) is 6.07 Å². The zero-order valence-electron chi connectivity index (χ0n) is 12.4. The Morgan fingerprint density at radius 3 is 2.77 bits per heavy atom. The molecular formula is C15H18BrN3O2S. The number of aromatic nitrogens is 2. The molecule has 2 rings (SSSR count). The highest BCUT2D eigenvalue weighted by atomic mass is 79.9. The van der Waals surface area contributed by atoms with Gasteiger partial charge < -0.3 is 0 Å². The molecule has 1 aromatic heterocycles. The fourth-order valence-electron chi connectivity index (χ4n) is 1.91. The Labute approximate surface area is 139 Å². The van der Waals surface area contributed by atoms with Crippen LogP contribution in [-0.2, 0) is 16.4 Å². The summed E-state index contributed by atoms with van der Waals surface area (Å²) in [6.45, 7) is 4.18. The van der Waals surface area contributed by atoms with Crippen LogP contribution in [0, 0.1) is 5.92 Å². The highest BCUT2D eigenvalue weighted by Crippen LogP contribution is 2.18. The topological polar surface area (TPSA) is 74.8 Å². The Morgan fingerprint density at radius 2 is 2.09 bits per heavy atom. The van der Waals surface area contributed by atoms with Gasteiger partial charge in [-0.2, -0.15) is 5.10 Å². The van der Waals surface area contributed by atoms with E-state index in [-0.39, 0.29) is 0 Å². The first-order valence-corrected chi connectivity index (χ1v) is 9.19. The van der Waals surface area contributed by atoms with E-state index in [4.69, 9.17) is 0 Å². The summed E-state index contributed by atoms with van der Waals surface area (Å²) < 4.78 is 27.4. The second-order valence-electron chi connectivity index (χ2n) is 5.35.